The van der Waals surface area contributed by atoms with Gasteiger partial charge in [0.1, 0.15) is 23.2 Å². The minimum atomic E-state index is -1.04. The molecular formula is C37H34N8O8. The van der Waals surface area contributed by atoms with E-state index < -0.39 is 29.7 Å². The van der Waals surface area contributed by atoms with Crippen molar-refractivity contribution >= 4 is 34.4 Å². The molecule has 3 aromatic heterocycles. The van der Waals surface area contributed by atoms with Gasteiger partial charge in [0.25, 0.3) is 17.4 Å². The number of ether oxygens (including phenoxy) is 3. The fourth-order valence-corrected chi connectivity index (χ4v) is 7.11. The third-order valence-corrected chi connectivity index (χ3v) is 9.90. The monoisotopic (exact) mass is 718 g/mol. The van der Waals surface area contributed by atoms with E-state index in [1.807, 2.05) is 24.4 Å². The van der Waals surface area contributed by atoms with Crippen LogP contribution in [0.3, 0.4) is 0 Å². The highest BCUT2D eigenvalue weighted by molar-refractivity contribution is 6.23. The molecule has 6 heterocycles. The molecule has 2 fully saturated rings. The number of aryl methyl sites for hydroxylation is 1. The maximum Gasteiger partial charge on any atom is 0.262 e. The van der Waals surface area contributed by atoms with Gasteiger partial charge in [0.15, 0.2) is 0 Å². The standard InChI is InChI=1S/C37H34N8O8/c1-42-17-28(24-8-9-38-13-27(24)35(42)48)20-10-31(51-2)29(32(11-20)52-3)18-43-15-23(16-43)53-19-21-14-44(41-40-21)22-4-5-25-26(12-22)37(50)45(36(25)49)30-6-7-33(46)39-34(30)47/h4-5,8-14,17,23,30H,6-7,15-16,18-19H2,1-3H3,(H,39,46,47). The second-order valence-corrected chi connectivity index (χ2v) is 13.2. The van der Waals surface area contributed by atoms with Gasteiger partial charge in [-0.3, -0.25) is 44.1 Å². The first-order valence-corrected chi connectivity index (χ1v) is 16.9. The van der Waals surface area contributed by atoms with Gasteiger partial charge >= 0.3 is 0 Å². The van der Waals surface area contributed by atoms with Crippen molar-refractivity contribution in [1.82, 2.24) is 39.7 Å². The predicted octanol–water partition coefficient (Wildman–Crippen LogP) is 2.00. The fourth-order valence-electron chi connectivity index (χ4n) is 7.11. The Morgan fingerprint density at radius 2 is 1.64 bits per heavy atom. The van der Waals surface area contributed by atoms with E-state index in [-0.39, 0.29) is 42.2 Å². The van der Waals surface area contributed by atoms with E-state index >= 15 is 0 Å². The number of carbonyl (C=O) groups excluding carboxylic acids is 4. The van der Waals surface area contributed by atoms with E-state index in [0.717, 1.165) is 27.0 Å². The maximum absolute atomic E-state index is 13.2. The molecule has 2 aromatic carbocycles. The number of fused-ring (bicyclic) bond motifs is 2. The number of hydrogen-bond acceptors (Lipinski definition) is 12. The largest absolute Gasteiger partial charge is 0.496 e. The first-order valence-electron chi connectivity index (χ1n) is 16.9. The molecule has 5 aromatic rings. The van der Waals surface area contributed by atoms with Crippen molar-refractivity contribution in [2.24, 2.45) is 7.05 Å². The van der Waals surface area contributed by atoms with Crippen LogP contribution in [0.2, 0.25) is 0 Å². The molecule has 0 radical (unpaired) electrons. The van der Waals surface area contributed by atoms with E-state index in [4.69, 9.17) is 14.2 Å². The van der Waals surface area contributed by atoms with Gasteiger partial charge in [-0.05, 0) is 53.8 Å². The third-order valence-electron chi connectivity index (χ3n) is 9.90. The van der Waals surface area contributed by atoms with Gasteiger partial charge in [0, 0.05) is 57.3 Å². The number of pyridine rings is 2. The van der Waals surface area contributed by atoms with Crippen LogP contribution in [-0.4, -0.2) is 97.4 Å². The van der Waals surface area contributed by atoms with Crippen LogP contribution in [0, 0.1) is 0 Å². The molecule has 53 heavy (non-hydrogen) atoms. The lowest BCUT2D eigenvalue weighted by molar-refractivity contribution is -0.136. The topological polar surface area (TPSA) is 180 Å². The first-order chi connectivity index (χ1) is 25.6. The minimum Gasteiger partial charge on any atom is -0.496 e. The van der Waals surface area contributed by atoms with Crippen molar-refractivity contribution in [3.8, 4) is 28.3 Å². The number of likely N-dealkylation sites (tertiary alicyclic amines) is 1. The summed E-state index contributed by atoms with van der Waals surface area (Å²) in [6, 6.07) is 9.43. The molecule has 16 nitrogen and oxygen atoms in total. The third kappa shape index (κ3) is 6.00. The number of nitrogens with zero attached hydrogens (tertiary/aromatic N) is 7. The molecule has 1 atom stereocenters. The van der Waals surface area contributed by atoms with Crippen molar-refractivity contribution in [1.29, 1.82) is 0 Å². The number of aromatic nitrogens is 5. The summed E-state index contributed by atoms with van der Waals surface area (Å²) in [5, 5.41) is 11.9. The van der Waals surface area contributed by atoms with Crippen LogP contribution < -0.4 is 20.3 Å². The SMILES string of the molecule is COc1cc(-c2cn(C)c(=O)c3cnccc23)cc(OC)c1CN1CC(OCc2cn(-c3ccc4c(c3)C(=O)N(C3CCC(=O)NC3=O)C4=O)nn2)C1. The Morgan fingerprint density at radius 3 is 2.38 bits per heavy atom. The molecule has 0 saturated carbocycles. The lowest BCUT2D eigenvalue weighted by Crippen LogP contribution is -2.54. The average Bonchev–Trinajstić information content (AvgIpc) is 3.72. The van der Waals surface area contributed by atoms with Gasteiger partial charge in [-0.2, -0.15) is 0 Å². The minimum absolute atomic E-state index is 0.0381. The molecular weight excluding hydrogens is 684 g/mol. The van der Waals surface area contributed by atoms with Crippen LogP contribution in [0.1, 0.15) is 44.8 Å². The Bertz CT molecular complexity index is 2370. The maximum atomic E-state index is 13.2. The molecule has 3 aliphatic heterocycles. The van der Waals surface area contributed by atoms with Gasteiger partial charge in [-0.25, -0.2) is 4.68 Å². The van der Waals surface area contributed by atoms with Gasteiger partial charge < -0.3 is 18.8 Å². The number of benzene rings is 2. The van der Waals surface area contributed by atoms with E-state index in [2.05, 4.69) is 25.5 Å². The summed E-state index contributed by atoms with van der Waals surface area (Å²) in [6.07, 6.45) is 6.84. The number of imide groups is 2. The van der Waals surface area contributed by atoms with Crippen LogP contribution in [0.5, 0.6) is 11.5 Å². The van der Waals surface area contributed by atoms with Gasteiger partial charge in [-0.15, -0.1) is 5.10 Å². The van der Waals surface area contributed by atoms with Crippen molar-refractivity contribution in [3.63, 3.8) is 0 Å². The summed E-state index contributed by atoms with van der Waals surface area (Å²) in [5.74, 6) is -0.930. The molecule has 1 unspecified atom stereocenters. The van der Waals surface area contributed by atoms with E-state index in [1.165, 1.54) is 10.7 Å². The molecule has 0 aliphatic carbocycles. The summed E-state index contributed by atoms with van der Waals surface area (Å²) >= 11 is 0. The normalized spacial score (nSPS) is 17.6. The van der Waals surface area contributed by atoms with Crippen LogP contribution in [0.15, 0.2) is 66.0 Å². The molecule has 4 amide bonds. The van der Waals surface area contributed by atoms with E-state index in [1.54, 1.807) is 56.6 Å². The number of methoxy groups -OCH3 is 2. The summed E-state index contributed by atoms with van der Waals surface area (Å²) in [4.78, 5) is 70.2. The molecule has 270 valence electrons. The first kappa shape index (κ1) is 33.9. The number of nitrogens with one attached hydrogen (secondary N) is 1. The second-order valence-electron chi connectivity index (χ2n) is 13.2. The number of rotatable bonds is 10. The quantitative estimate of drug-likeness (QED) is 0.208. The zero-order chi connectivity index (χ0) is 37.0. The average molecular weight is 719 g/mol. The molecule has 0 bridgehead atoms. The van der Waals surface area contributed by atoms with Crippen LogP contribution in [0.4, 0.5) is 0 Å². The number of amides is 4. The summed E-state index contributed by atoms with van der Waals surface area (Å²) in [7, 11) is 4.96. The zero-order valence-electron chi connectivity index (χ0n) is 29.1. The Balaban J connectivity index is 0.902. The van der Waals surface area contributed by atoms with Crippen molar-refractivity contribution < 1.29 is 33.4 Å². The molecule has 2 saturated heterocycles. The Morgan fingerprint density at radius 1 is 0.887 bits per heavy atom. The fraction of sp³-hybridized carbons (Fsp3) is 0.297. The van der Waals surface area contributed by atoms with Gasteiger partial charge in [0.05, 0.1) is 60.9 Å². The second kappa shape index (κ2) is 13.4. The lowest BCUT2D eigenvalue weighted by Gasteiger charge is -2.39. The van der Waals surface area contributed by atoms with Crippen molar-refractivity contribution in [2.45, 2.75) is 38.1 Å². The van der Waals surface area contributed by atoms with Crippen LogP contribution in [-0.2, 0) is 34.5 Å². The lowest BCUT2D eigenvalue weighted by atomic mass is 9.98. The highest BCUT2D eigenvalue weighted by Gasteiger charge is 2.44. The zero-order valence-corrected chi connectivity index (χ0v) is 29.1. The highest BCUT2D eigenvalue weighted by atomic mass is 16.5. The molecule has 3 aliphatic rings. The van der Waals surface area contributed by atoms with Gasteiger partial charge in [-0.1, -0.05) is 5.21 Å². The molecule has 16 heteroatoms. The Kier molecular flexibility index (Phi) is 8.54. The van der Waals surface area contributed by atoms with Gasteiger partial charge in [0.2, 0.25) is 11.8 Å². The number of hydrogen-bond donors (Lipinski definition) is 1. The molecule has 0 spiro atoms. The Labute approximate surface area is 301 Å². The summed E-state index contributed by atoms with van der Waals surface area (Å²) in [5.41, 5.74) is 3.91. The Hall–Kier alpha value is -6.26. The smallest absolute Gasteiger partial charge is 0.262 e. The number of piperidine rings is 1. The van der Waals surface area contributed by atoms with Crippen LogP contribution in [0.25, 0.3) is 27.6 Å². The predicted molar refractivity (Wildman–Crippen MR) is 187 cm³/mol. The molecule has 1 N–H and O–H groups in total. The van der Waals surface area contributed by atoms with E-state index in [9.17, 15) is 24.0 Å². The van der Waals surface area contributed by atoms with Crippen LogP contribution >= 0.6 is 0 Å². The van der Waals surface area contributed by atoms with E-state index in [0.29, 0.717) is 47.9 Å². The van der Waals surface area contributed by atoms with Crippen molar-refractivity contribution in [2.75, 3.05) is 27.3 Å². The summed E-state index contributed by atoms with van der Waals surface area (Å²) in [6.45, 7) is 2.13. The van der Waals surface area contributed by atoms with Crippen molar-refractivity contribution in [3.05, 3.63) is 93.9 Å². The summed E-state index contributed by atoms with van der Waals surface area (Å²) < 4.78 is 20.8. The number of carbonyl (C=O) groups is 4. The highest BCUT2D eigenvalue weighted by Crippen LogP contribution is 2.38. The molecule has 8 rings (SSSR count).